The van der Waals surface area contributed by atoms with Crippen LogP contribution in [0.4, 0.5) is 15.0 Å². The monoisotopic (exact) mass is 323 g/mol. The van der Waals surface area contributed by atoms with Crippen LogP contribution >= 0.6 is 0 Å². The molecule has 0 atom stereocenters. The van der Waals surface area contributed by atoms with E-state index in [4.69, 9.17) is 4.74 Å². The van der Waals surface area contributed by atoms with E-state index in [2.05, 4.69) is 9.88 Å². The van der Waals surface area contributed by atoms with E-state index in [1.165, 1.54) is 6.07 Å². The Kier molecular flexibility index (Phi) is 5.44. The zero-order chi connectivity index (χ0) is 17.0. The second-order valence-corrected chi connectivity index (χ2v) is 7.11. The van der Waals surface area contributed by atoms with E-state index in [0.717, 1.165) is 25.9 Å². The highest BCUT2D eigenvalue weighted by Crippen LogP contribution is 2.23. The Labute approximate surface area is 137 Å². The minimum Gasteiger partial charge on any atom is -0.444 e. The van der Waals surface area contributed by atoms with Crippen molar-refractivity contribution in [1.82, 2.24) is 9.88 Å². The molecule has 0 bridgehead atoms. The van der Waals surface area contributed by atoms with Crippen LogP contribution in [-0.2, 0) is 4.74 Å². The number of amides is 1. The molecule has 128 valence electrons. The van der Waals surface area contributed by atoms with Crippen molar-refractivity contribution in [3.8, 4) is 0 Å². The minimum absolute atomic E-state index is 0.285. The SMILES string of the molecule is CN(CC1CCN(c2cccc(F)n2)CC1)C(=O)OC(C)(C)C. The molecule has 1 aliphatic heterocycles. The maximum atomic E-state index is 13.2. The third-order valence-electron chi connectivity index (χ3n) is 3.88. The van der Waals surface area contributed by atoms with Gasteiger partial charge in [-0.2, -0.15) is 4.39 Å². The molecular weight excluding hydrogens is 297 g/mol. The second-order valence-electron chi connectivity index (χ2n) is 7.11. The maximum Gasteiger partial charge on any atom is 0.410 e. The normalized spacial score (nSPS) is 16.3. The first-order valence-electron chi connectivity index (χ1n) is 8.06. The Morgan fingerprint density at radius 1 is 1.39 bits per heavy atom. The van der Waals surface area contributed by atoms with Crippen molar-refractivity contribution in [3.63, 3.8) is 0 Å². The second kappa shape index (κ2) is 7.15. The Hall–Kier alpha value is -1.85. The van der Waals surface area contributed by atoms with Crippen molar-refractivity contribution < 1.29 is 13.9 Å². The van der Waals surface area contributed by atoms with Crippen LogP contribution in [0.3, 0.4) is 0 Å². The lowest BCUT2D eigenvalue weighted by Gasteiger charge is -2.34. The number of nitrogens with zero attached hydrogens (tertiary/aromatic N) is 3. The van der Waals surface area contributed by atoms with Gasteiger partial charge in [-0.1, -0.05) is 6.07 Å². The van der Waals surface area contributed by atoms with Gasteiger partial charge in [-0.3, -0.25) is 0 Å². The molecule has 0 saturated carbocycles. The summed E-state index contributed by atoms with van der Waals surface area (Å²) in [6, 6.07) is 4.86. The average molecular weight is 323 g/mol. The lowest BCUT2D eigenvalue weighted by atomic mass is 9.96. The highest BCUT2D eigenvalue weighted by molar-refractivity contribution is 5.67. The van der Waals surface area contributed by atoms with Crippen molar-refractivity contribution in [2.75, 3.05) is 31.6 Å². The van der Waals surface area contributed by atoms with Crippen molar-refractivity contribution >= 4 is 11.9 Å². The van der Waals surface area contributed by atoms with Gasteiger partial charge in [0.25, 0.3) is 0 Å². The summed E-state index contributed by atoms with van der Waals surface area (Å²) in [6.07, 6.45) is 1.61. The first-order valence-corrected chi connectivity index (χ1v) is 8.06. The highest BCUT2D eigenvalue weighted by Gasteiger charge is 2.25. The Balaban J connectivity index is 1.81. The zero-order valence-corrected chi connectivity index (χ0v) is 14.4. The van der Waals surface area contributed by atoms with Crippen LogP contribution in [0.25, 0.3) is 0 Å². The van der Waals surface area contributed by atoms with Gasteiger partial charge in [0.2, 0.25) is 5.95 Å². The van der Waals surface area contributed by atoms with E-state index in [-0.39, 0.29) is 6.09 Å². The number of anilines is 1. The number of pyridine rings is 1. The van der Waals surface area contributed by atoms with E-state index >= 15 is 0 Å². The number of hydrogen-bond donors (Lipinski definition) is 0. The summed E-state index contributed by atoms with van der Waals surface area (Å²) in [5.41, 5.74) is -0.474. The minimum atomic E-state index is -0.474. The number of piperidine rings is 1. The zero-order valence-electron chi connectivity index (χ0n) is 14.4. The number of halogens is 1. The Morgan fingerprint density at radius 2 is 2.04 bits per heavy atom. The van der Waals surface area contributed by atoms with Gasteiger partial charge in [-0.05, 0) is 51.7 Å². The molecule has 0 N–H and O–H groups in total. The van der Waals surface area contributed by atoms with Gasteiger partial charge in [0.05, 0.1) is 0 Å². The molecule has 0 unspecified atom stereocenters. The molecule has 1 aliphatic rings. The molecule has 6 heteroatoms. The van der Waals surface area contributed by atoms with Gasteiger partial charge in [-0.25, -0.2) is 9.78 Å². The number of rotatable bonds is 3. The van der Waals surface area contributed by atoms with Crippen LogP contribution < -0.4 is 4.90 Å². The molecule has 23 heavy (non-hydrogen) atoms. The van der Waals surface area contributed by atoms with Crippen LogP contribution in [-0.4, -0.2) is 48.3 Å². The fraction of sp³-hybridized carbons (Fsp3) is 0.647. The van der Waals surface area contributed by atoms with Gasteiger partial charge < -0.3 is 14.5 Å². The third kappa shape index (κ3) is 5.37. The molecule has 2 rings (SSSR count). The molecule has 2 heterocycles. The molecule has 1 fully saturated rings. The van der Waals surface area contributed by atoms with E-state index in [1.807, 2.05) is 26.8 Å². The van der Waals surface area contributed by atoms with E-state index in [9.17, 15) is 9.18 Å². The molecular formula is C17H26FN3O2. The molecule has 1 saturated heterocycles. The lowest BCUT2D eigenvalue weighted by molar-refractivity contribution is 0.0266. The van der Waals surface area contributed by atoms with Crippen molar-refractivity contribution in [2.45, 2.75) is 39.2 Å². The van der Waals surface area contributed by atoms with Gasteiger partial charge in [0.15, 0.2) is 0 Å². The van der Waals surface area contributed by atoms with E-state index in [1.54, 1.807) is 18.0 Å². The number of carbonyl (C=O) groups excluding carboxylic acids is 1. The van der Waals surface area contributed by atoms with E-state index in [0.29, 0.717) is 18.3 Å². The summed E-state index contributed by atoms with van der Waals surface area (Å²) < 4.78 is 18.6. The summed E-state index contributed by atoms with van der Waals surface area (Å²) in [4.78, 5) is 19.7. The van der Waals surface area contributed by atoms with Crippen LogP contribution in [0.1, 0.15) is 33.6 Å². The summed E-state index contributed by atoms with van der Waals surface area (Å²) in [7, 11) is 1.77. The summed E-state index contributed by atoms with van der Waals surface area (Å²) >= 11 is 0. The first kappa shape index (κ1) is 17.5. The topological polar surface area (TPSA) is 45.7 Å². The largest absolute Gasteiger partial charge is 0.444 e. The van der Waals surface area contributed by atoms with Crippen molar-refractivity contribution in [3.05, 3.63) is 24.1 Å². The summed E-state index contributed by atoms with van der Waals surface area (Å²) in [6.45, 7) is 7.92. The molecule has 1 aromatic rings. The number of ether oxygens (including phenoxy) is 1. The van der Waals surface area contributed by atoms with E-state index < -0.39 is 11.5 Å². The van der Waals surface area contributed by atoms with Crippen LogP contribution in [0.2, 0.25) is 0 Å². The summed E-state index contributed by atoms with van der Waals surface area (Å²) in [5, 5.41) is 0. The number of carbonyl (C=O) groups is 1. The first-order chi connectivity index (χ1) is 10.7. The molecule has 1 aromatic heterocycles. The number of aromatic nitrogens is 1. The van der Waals surface area contributed by atoms with Gasteiger partial charge in [0.1, 0.15) is 11.4 Å². The fourth-order valence-electron chi connectivity index (χ4n) is 2.72. The smallest absolute Gasteiger partial charge is 0.410 e. The fourth-order valence-corrected chi connectivity index (χ4v) is 2.72. The predicted molar refractivity (Wildman–Crippen MR) is 88.0 cm³/mol. The lowest BCUT2D eigenvalue weighted by Crippen LogP contribution is -2.41. The van der Waals surface area contributed by atoms with Gasteiger partial charge >= 0.3 is 6.09 Å². The standard InChI is InChI=1S/C17H26FN3O2/c1-17(2,3)23-16(22)20(4)12-13-8-10-21(11-9-13)15-7-5-6-14(18)19-15/h5-7,13H,8-12H2,1-4H3. The molecule has 0 aliphatic carbocycles. The van der Waals surface area contributed by atoms with Crippen LogP contribution in [0.15, 0.2) is 18.2 Å². The van der Waals surface area contributed by atoms with Gasteiger partial charge in [0, 0.05) is 26.7 Å². The maximum absolute atomic E-state index is 13.2. The van der Waals surface area contributed by atoms with Crippen LogP contribution in [0.5, 0.6) is 0 Å². The summed E-state index contributed by atoms with van der Waals surface area (Å²) in [5.74, 6) is 0.663. The molecule has 0 spiro atoms. The highest BCUT2D eigenvalue weighted by atomic mass is 19.1. The predicted octanol–water partition coefficient (Wildman–Crippen LogP) is 3.30. The van der Waals surface area contributed by atoms with Crippen molar-refractivity contribution in [2.24, 2.45) is 5.92 Å². The average Bonchev–Trinajstić information content (AvgIpc) is 2.46. The van der Waals surface area contributed by atoms with Crippen molar-refractivity contribution in [1.29, 1.82) is 0 Å². The molecule has 1 amide bonds. The van der Waals surface area contributed by atoms with Gasteiger partial charge in [-0.15, -0.1) is 0 Å². The van der Waals surface area contributed by atoms with Crippen LogP contribution in [0, 0.1) is 11.9 Å². The molecule has 0 radical (unpaired) electrons. The Morgan fingerprint density at radius 3 is 2.61 bits per heavy atom. The Bertz CT molecular complexity index is 537. The third-order valence-corrected chi connectivity index (χ3v) is 3.88. The molecule has 5 nitrogen and oxygen atoms in total. The number of hydrogen-bond acceptors (Lipinski definition) is 4. The quantitative estimate of drug-likeness (QED) is 0.801. The molecule has 0 aromatic carbocycles.